The largest absolute Gasteiger partial charge is 0.390 e. The molecule has 0 rings (SSSR count). The normalized spacial score (nSPS) is 16.3. The van der Waals surface area contributed by atoms with Crippen molar-refractivity contribution in [1.29, 1.82) is 0 Å². The van der Waals surface area contributed by atoms with Crippen LogP contribution in [-0.2, 0) is 0 Å². The smallest absolute Gasteiger partial charge is 0.0653 e. The van der Waals surface area contributed by atoms with E-state index >= 15 is 0 Å². The highest BCUT2D eigenvalue weighted by molar-refractivity contribution is 4.82. The predicted octanol–water partition coefficient (Wildman–Crippen LogP) is 2.50. The van der Waals surface area contributed by atoms with Gasteiger partial charge in [0, 0.05) is 0 Å². The Morgan fingerprint density at radius 1 is 1.60 bits per heavy atom. The van der Waals surface area contributed by atoms with Crippen molar-refractivity contribution in [3.05, 3.63) is 12.7 Å². The Bertz CT molecular complexity index is 94.9. The Balaban J connectivity index is 3.51. The van der Waals surface area contributed by atoms with Crippen molar-refractivity contribution in [1.82, 2.24) is 0 Å². The van der Waals surface area contributed by atoms with Crippen molar-refractivity contribution in [3.63, 3.8) is 0 Å². The standard InChI is InChI=1S/C9H18O/c1-4-6-8-9(3,10)7-5-2/h5,10H,2,4,6-8H2,1,3H3. The fraction of sp³-hybridized carbons (Fsp3) is 0.778. The number of aliphatic hydroxyl groups is 1. The number of unbranched alkanes of at least 4 members (excludes halogenated alkanes) is 1. The first-order valence-electron chi connectivity index (χ1n) is 3.95. The molecular formula is C9H18O. The Hall–Kier alpha value is -0.300. The van der Waals surface area contributed by atoms with Crippen molar-refractivity contribution in [3.8, 4) is 0 Å². The van der Waals surface area contributed by atoms with Crippen molar-refractivity contribution in [2.45, 2.75) is 45.1 Å². The highest BCUT2D eigenvalue weighted by Gasteiger charge is 2.16. The van der Waals surface area contributed by atoms with Gasteiger partial charge in [-0.3, -0.25) is 0 Å². The quantitative estimate of drug-likeness (QED) is 0.585. The van der Waals surface area contributed by atoms with E-state index in [9.17, 15) is 5.11 Å². The lowest BCUT2D eigenvalue weighted by atomic mass is 9.96. The Kier molecular flexibility index (Phi) is 4.37. The maximum atomic E-state index is 9.57. The molecule has 0 heterocycles. The summed E-state index contributed by atoms with van der Waals surface area (Å²) in [7, 11) is 0. The molecule has 1 unspecified atom stereocenters. The fourth-order valence-electron chi connectivity index (χ4n) is 0.971. The summed E-state index contributed by atoms with van der Waals surface area (Å²) < 4.78 is 0. The van der Waals surface area contributed by atoms with Crippen LogP contribution in [0.15, 0.2) is 12.7 Å². The minimum absolute atomic E-state index is 0.516. The summed E-state index contributed by atoms with van der Waals surface area (Å²) in [5.41, 5.74) is -0.516. The van der Waals surface area contributed by atoms with E-state index in [1.165, 1.54) is 0 Å². The minimum atomic E-state index is -0.516. The molecule has 0 aromatic rings. The molecule has 0 bridgehead atoms. The first-order valence-corrected chi connectivity index (χ1v) is 3.95. The zero-order valence-electron chi connectivity index (χ0n) is 7.06. The number of rotatable bonds is 5. The third-order valence-electron chi connectivity index (χ3n) is 1.65. The van der Waals surface area contributed by atoms with Gasteiger partial charge in [-0.1, -0.05) is 25.8 Å². The maximum Gasteiger partial charge on any atom is 0.0653 e. The summed E-state index contributed by atoms with van der Waals surface area (Å²) in [4.78, 5) is 0. The molecule has 0 radical (unpaired) electrons. The second-order valence-corrected chi connectivity index (χ2v) is 3.09. The molecule has 1 atom stereocenters. The van der Waals surface area contributed by atoms with Gasteiger partial charge in [-0.05, 0) is 19.8 Å². The molecule has 0 spiro atoms. The molecule has 0 aliphatic heterocycles. The van der Waals surface area contributed by atoms with E-state index in [4.69, 9.17) is 0 Å². The first-order chi connectivity index (χ1) is 4.62. The average Bonchev–Trinajstić information content (AvgIpc) is 1.84. The third-order valence-corrected chi connectivity index (χ3v) is 1.65. The molecule has 0 saturated carbocycles. The first kappa shape index (κ1) is 9.70. The molecule has 0 fully saturated rings. The molecule has 0 saturated heterocycles. The van der Waals surface area contributed by atoms with Crippen LogP contribution in [0.2, 0.25) is 0 Å². The van der Waals surface area contributed by atoms with Gasteiger partial charge < -0.3 is 5.11 Å². The van der Waals surface area contributed by atoms with E-state index in [1.54, 1.807) is 6.08 Å². The SMILES string of the molecule is C=CCC(C)(O)CCCC. The molecule has 1 heteroatoms. The van der Waals surface area contributed by atoms with E-state index < -0.39 is 5.60 Å². The van der Waals surface area contributed by atoms with Gasteiger partial charge in [0.25, 0.3) is 0 Å². The molecule has 0 aliphatic carbocycles. The summed E-state index contributed by atoms with van der Waals surface area (Å²) >= 11 is 0. The van der Waals surface area contributed by atoms with E-state index in [1.807, 2.05) is 6.92 Å². The van der Waals surface area contributed by atoms with Crippen molar-refractivity contribution >= 4 is 0 Å². The van der Waals surface area contributed by atoms with Crippen molar-refractivity contribution < 1.29 is 5.11 Å². The van der Waals surface area contributed by atoms with Crippen LogP contribution in [0.3, 0.4) is 0 Å². The van der Waals surface area contributed by atoms with E-state index in [0.29, 0.717) is 6.42 Å². The highest BCUT2D eigenvalue weighted by atomic mass is 16.3. The maximum absolute atomic E-state index is 9.57. The summed E-state index contributed by atoms with van der Waals surface area (Å²) in [6, 6.07) is 0. The molecular weight excluding hydrogens is 124 g/mol. The molecule has 0 aromatic heterocycles. The molecule has 0 amide bonds. The van der Waals surface area contributed by atoms with Gasteiger partial charge in [0.05, 0.1) is 5.60 Å². The molecule has 0 aromatic carbocycles. The number of hydrogen-bond acceptors (Lipinski definition) is 1. The zero-order chi connectivity index (χ0) is 8.04. The highest BCUT2D eigenvalue weighted by Crippen LogP contribution is 2.17. The second kappa shape index (κ2) is 4.51. The average molecular weight is 142 g/mol. The molecule has 1 nitrogen and oxygen atoms in total. The third kappa shape index (κ3) is 4.57. The molecule has 10 heavy (non-hydrogen) atoms. The lowest BCUT2D eigenvalue weighted by Gasteiger charge is -2.20. The van der Waals surface area contributed by atoms with Crippen LogP contribution in [0.4, 0.5) is 0 Å². The van der Waals surface area contributed by atoms with Crippen LogP contribution in [0.25, 0.3) is 0 Å². The summed E-state index contributed by atoms with van der Waals surface area (Å²) in [5, 5.41) is 9.57. The van der Waals surface area contributed by atoms with Gasteiger partial charge in [0.2, 0.25) is 0 Å². The number of hydrogen-bond donors (Lipinski definition) is 1. The molecule has 60 valence electrons. The van der Waals surface area contributed by atoms with Gasteiger partial charge in [-0.15, -0.1) is 6.58 Å². The Morgan fingerprint density at radius 2 is 2.20 bits per heavy atom. The monoisotopic (exact) mass is 142 g/mol. The van der Waals surface area contributed by atoms with E-state index in [-0.39, 0.29) is 0 Å². The molecule has 0 aliphatic rings. The molecule has 1 N–H and O–H groups in total. The summed E-state index contributed by atoms with van der Waals surface area (Å²) in [5.74, 6) is 0. The van der Waals surface area contributed by atoms with Crippen LogP contribution < -0.4 is 0 Å². The van der Waals surface area contributed by atoms with Crippen molar-refractivity contribution in [2.75, 3.05) is 0 Å². The summed E-state index contributed by atoms with van der Waals surface area (Å²) in [6.45, 7) is 7.59. The summed E-state index contributed by atoms with van der Waals surface area (Å²) in [6.07, 6.45) is 5.60. The predicted molar refractivity (Wildman–Crippen MR) is 45.0 cm³/mol. The van der Waals surface area contributed by atoms with Crippen LogP contribution in [0, 0.1) is 0 Å². The van der Waals surface area contributed by atoms with Gasteiger partial charge in [-0.2, -0.15) is 0 Å². The van der Waals surface area contributed by atoms with Crippen LogP contribution >= 0.6 is 0 Å². The van der Waals surface area contributed by atoms with Crippen LogP contribution in [0.1, 0.15) is 39.5 Å². The lowest BCUT2D eigenvalue weighted by Crippen LogP contribution is -2.22. The van der Waals surface area contributed by atoms with Gasteiger partial charge in [0.1, 0.15) is 0 Å². The Labute approximate surface area is 63.8 Å². The zero-order valence-corrected chi connectivity index (χ0v) is 7.06. The fourth-order valence-corrected chi connectivity index (χ4v) is 0.971. The minimum Gasteiger partial charge on any atom is -0.390 e. The van der Waals surface area contributed by atoms with Gasteiger partial charge in [-0.25, -0.2) is 0 Å². The van der Waals surface area contributed by atoms with Gasteiger partial charge in [0.15, 0.2) is 0 Å². The van der Waals surface area contributed by atoms with Crippen LogP contribution in [-0.4, -0.2) is 10.7 Å². The lowest BCUT2D eigenvalue weighted by molar-refractivity contribution is 0.0518. The Morgan fingerprint density at radius 3 is 2.60 bits per heavy atom. The van der Waals surface area contributed by atoms with Crippen LogP contribution in [0.5, 0.6) is 0 Å². The van der Waals surface area contributed by atoms with Crippen molar-refractivity contribution in [2.24, 2.45) is 0 Å². The second-order valence-electron chi connectivity index (χ2n) is 3.09. The topological polar surface area (TPSA) is 20.2 Å². The van der Waals surface area contributed by atoms with E-state index in [0.717, 1.165) is 19.3 Å². The van der Waals surface area contributed by atoms with E-state index in [2.05, 4.69) is 13.5 Å². The van der Waals surface area contributed by atoms with Gasteiger partial charge >= 0.3 is 0 Å².